The van der Waals surface area contributed by atoms with Gasteiger partial charge >= 0.3 is 0 Å². The number of halogens is 1. The summed E-state index contributed by atoms with van der Waals surface area (Å²) in [4.78, 5) is 8.67. The molecule has 1 aromatic rings. The Hall–Kier alpha value is -1.82. The highest BCUT2D eigenvalue weighted by Gasteiger charge is 2.17. The van der Waals surface area contributed by atoms with Crippen LogP contribution in [-0.2, 0) is 11.2 Å². The highest BCUT2D eigenvalue weighted by Crippen LogP contribution is 2.30. The second kappa shape index (κ2) is 6.30. The van der Waals surface area contributed by atoms with Crippen LogP contribution < -0.4 is 11.1 Å². The normalized spacial score (nSPS) is 24.0. The standard InChI is InChI=1S/C15H17BrN4O/c16-13-7-18-9-19-14(13)11-4-1-10(2-5-11)3-6-12-8-21-15(17)20-12/h1-2,4-5,7,9,12,14H,3,6,8H2,(H2,17,20)(H,18,19)/t12-,14?/m0/s1. The molecule has 2 aliphatic heterocycles. The van der Waals surface area contributed by atoms with Crippen LogP contribution in [0.15, 0.2) is 44.9 Å². The molecule has 0 aliphatic carbocycles. The highest BCUT2D eigenvalue weighted by molar-refractivity contribution is 9.11. The van der Waals surface area contributed by atoms with Crippen molar-refractivity contribution in [2.24, 2.45) is 15.7 Å². The zero-order chi connectivity index (χ0) is 14.7. The number of benzene rings is 1. The zero-order valence-electron chi connectivity index (χ0n) is 11.5. The van der Waals surface area contributed by atoms with E-state index >= 15 is 0 Å². The molecule has 0 amide bonds. The number of rotatable bonds is 4. The first-order valence-corrected chi connectivity index (χ1v) is 7.70. The third-order valence-corrected chi connectivity index (χ3v) is 4.24. The number of nitrogens with zero attached hydrogens (tertiary/aromatic N) is 2. The van der Waals surface area contributed by atoms with Gasteiger partial charge in [0.05, 0.1) is 12.4 Å². The molecule has 3 N–H and O–H groups in total. The Morgan fingerprint density at radius 2 is 2.14 bits per heavy atom. The smallest absolute Gasteiger partial charge is 0.282 e. The van der Waals surface area contributed by atoms with E-state index in [1.807, 2.05) is 6.20 Å². The van der Waals surface area contributed by atoms with Gasteiger partial charge in [0.1, 0.15) is 12.6 Å². The number of amidine groups is 1. The van der Waals surface area contributed by atoms with Crippen molar-refractivity contribution in [3.05, 3.63) is 46.1 Å². The van der Waals surface area contributed by atoms with Crippen molar-refractivity contribution in [1.82, 2.24) is 5.32 Å². The van der Waals surface area contributed by atoms with Gasteiger partial charge in [-0.05, 0) is 24.0 Å². The molecule has 0 saturated heterocycles. The average Bonchev–Trinajstić information content (AvgIpc) is 2.92. The van der Waals surface area contributed by atoms with Crippen LogP contribution in [0.1, 0.15) is 23.6 Å². The maximum atomic E-state index is 5.51. The fraction of sp³-hybridized carbons (Fsp3) is 0.333. The number of ether oxygens (including phenoxy) is 1. The summed E-state index contributed by atoms with van der Waals surface area (Å²) >= 11 is 3.54. The van der Waals surface area contributed by atoms with Gasteiger partial charge < -0.3 is 15.8 Å². The molecule has 0 radical (unpaired) electrons. The number of aryl methyl sites for hydroxylation is 1. The van der Waals surface area contributed by atoms with E-state index in [-0.39, 0.29) is 12.1 Å². The van der Waals surface area contributed by atoms with Crippen LogP contribution >= 0.6 is 15.9 Å². The topological polar surface area (TPSA) is 72.0 Å². The Labute approximate surface area is 132 Å². The third kappa shape index (κ3) is 3.44. The van der Waals surface area contributed by atoms with Gasteiger partial charge in [-0.2, -0.15) is 0 Å². The van der Waals surface area contributed by atoms with Crippen LogP contribution in [0.25, 0.3) is 0 Å². The number of nitrogens with two attached hydrogens (primary N) is 1. The Bertz CT molecular complexity index is 594. The molecule has 2 atom stereocenters. The molecule has 0 spiro atoms. The predicted octanol–water partition coefficient (Wildman–Crippen LogP) is 2.24. The summed E-state index contributed by atoms with van der Waals surface area (Å²) in [5.74, 6) is 0. The first-order chi connectivity index (χ1) is 10.2. The molecule has 5 nitrogen and oxygen atoms in total. The van der Waals surface area contributed by atoms with E-state index in [1.165, 1.54) is 11.1 Å². The lowest BCUT2D eigenvalue weighted by molar-refractivity contribution is 0.308. The number of aliphatic imine (C=N–C) groups is 2. The average molecular weight is 349 g/mol. The van der Waals surface area contributed by atoms with Crippen LogP contribution in [0.2, 0.25) is 0 Å². The van der Waals surface area contributed by atoms with Crippen LogP contribution in [0.4, 0.5) is 0 Å². The molecular formula is C15H17BrN4O. The first kappa shape index (κ1) is 14.1. The van der Waals surface area contributed by atoms with Gasteiger partial charge in [-0.15, -0.1) is 0 Å². The molecule has 1 unspecified atom stereocenters. The fourth-order valence-corrected chi connectivity index (χ4v) is 2.93. The lowest BCUT2D eigenvalue weighted by atomic mass is 10.0. The fourth-order valence-electron chi connectivity index (χ4n) is 2.41. The summed E-state index contributed by atoms with van der Waals surface area (Å²) in [6.45, 7) is 0.603. The van der Waals surface area contributed by atoms with Gasteiger partial charge in [-0.1, -0.05) is 40.2 Å². The van der Waals surface area contributed by atoms with Gasteiger partial charge in [0, 0.05) is 10.7 Å². The Balaban J connectivity index is 1.60. The van der Waals surface area contributed by atoms with Crippen LogP contribution in [0.5, 0.6) is 0 Å². The van der Waals surface area contributed by atoms with Crippen molar-refractivity contribution in [1.29, 1.82) is 0 Å². The molecule has 110 valence electrons. The van der Waals surface area contributed by atoms with Crippen LogP contribution in [-0.4, -0.2) is 25.0 Å². The van der Waals surface area contributed by atoms with E-state index in [0.29, 0.717) is 12.6 Å². The highest BCUT2D eigenvalue weighted by atomic mass is 79.9. The van der Waals surface area contributed by atoms with Crippen molar-refractivity contribution < 1.29 is 4.74 Å². The van der Waals surface area contributed by atoms with E-state index in [9.17, 15) is 0 Å². The molecule has 0 fully saturated rings. The Kier molecular flexibility index (Phi) is 4.24. The lowest BCUT2D eigenvalue weighted by Gasteiger charge is -2.16. The summed E-state index contributed by atoms with van der Waals surface area (Å²) in [6, 6.07) is 9.10. The molecule has 0 saturated carbocycles. The molecule has 3 rings (SSSR count). The minimum absolute atomic E-state index is 0.0490. The SMILES string of the molecule is NC1=N[C@@H](CCc2ccc(C3N=CNC=C3Br)cc2)CO1. The maximum absolute atomic E-state index is 5.51. The first-order valence-electron chi connectivity index (χ1n) is 6.90. The van der Waals surface area contributed by atoms with Crippen LogP contribution in [0.3, 0.4) is 0 Å². The second-order valence-corrected chi connectivity index (χ2v) is 6.00. The number of nitrogens with one attached hydrogen (secondary N) is 1. The number of hydrogen-bond acceptors (Lipinski definition) is 5. The van der Waals surface area contributed by atoms with Gasteiger partial charge in [-0.3, -0.25) is 4.99 Å². The monoisotopic (exact) mass is 348 g/mol. The van der Waals surface area contributed by atoms with Crippen molar-refractivity contribution in [3.63, 3.8) is 0 Å². The van der Waals surface area contributed by atoms with Gasteiger partial charge in [0.15, 0.2) is 0 Å². The largest absolute Gasteiger partial charge is 0.463 e. The molecule has 21 heavy (non-hydrogen) atoms. The third-order valence-electron chi connectivity index (χ3n) is 3.58. The second-order valence-electron chi connectivity index (χ2n) is 5.09. The van der Waals surface area contributed by atoms with Crippen molar-refractivity contribution in [2.45, 2.75) is 24.9 Å². The zero-order valence-corrected chi connectivity index (χ0v) is 13.1. The summed E-state index contributed by atoms with van der Waals surface area (Å²) < 4.78 is 6.19. The molecule has 2 aliphatic rings. The quantitative estimate of drug-likeness (QED) is 0.876. The van der Waals surface area contributed by atoms with Gasteiger partial charge in [0.25, 0.3) is 6.02 Å². The summed E-state index contributed by atoms with van der Waals surface area (Å²) in [5.41, 5.74) is 7.97. The van der Waals surface area contributed by atoms with E-state index in [0.717, 1.165) is 17.3 Å². The van der Waals surface area contributed by atoms with Crippen molar-refractivity contribution in [3.8, 4) is 0 Å². The minimum Gasteiger partial charge on any atom is -0.463 e. The maximum Gasteiger partial charge on any atom is 0.282 e. The molecule has 2 heterocycles. The summed E-state index contributed by atoms with van der Waals surface area (Å²) in [6.07, 6.45) is 5.55. The van der Waals surface area contributed by atoms with Crippen molar-refractivity contribution in [2.75, 3.05) is 6.61 Å². The van der Waals surface area contributed by atoms with Crippen molar-refractivity contribution >= 4 is 28.3 Å². The predicted molar refractivity (Wildman–Crippen MR) is 87.5 cm³/mol. The molecule has 0 bridgehead atoms. The summed E-state index contributed by atoms with van der Waals surface area (Å²) in [5, 5.41) is 2.97. The van der Waals surface area contributed by atoms with Gasteiger partial charge in [0.2, 0.25) is 0 Å². The van der Waals surface area contributed by atoms with Gasteiger partial charge in [-0.25, -0.2) is 4.99 Å². The lowest BCUT2D eigenvalue weighted by Crippen LogP contribution is -2.11. The van der Waals surface area contributed by atoms with E-state index in [4.69, 9.17) is 10.5 Å². The van der Waals surface area contributed by atoms with E-state index in [2.05, 4.69) is 55.5 Å². The Morgan fingerprint density at radius 1 is 1.33 bits per heavy atom. The summed E-state index contributed by atoms with van der Waals surface area (Å²) in [7, 11) is 0. The van der Waals surface area contributed by atoms with E-state index in [1.54, 1.807) is 6.34 Å². The molecule has 6 heteroatoms. The molecule has 1 aromatic carbocycles. The van der Waals surface area contributed by atoms with Crippen LogP contribution in [0, 0.1) is 0 Å². The van der Waals surface area contributed by atoms with E-state index < -0.39 is 0 Å². The molecular weight excluding hydrogens is 332 g/mol. The minimum atomic E-state index is 0.0490. The number of hydrogen-bond donors (Lipinski definition) is 2. The Morgan fingerprint density at radius 3 is 2.81 bits per heavy atom. The molecule has 0 aromatic heterocycles.